The SMILES string of the molecule is c1ccc(-c2ccccc2-c2ccc(-c3ccc(N(c4ccc(-c5cccc6cccc(-c7ccccc7)c56)cc4)c4cccc5c4sc4c6ccccc6ccc54)cc3)cc2)cc1. The molecule has 12 rings (SSSR count). The van der Waals surface area contributed by atoms with Crippen molar-refractivity contribution in [3.63, 3.8) is 0 Å². The standard InChI is InChI=1S/C62H41NS/c1-3-14-44(15-4-1)52-21-9-10-22-53(52)47-30-28-42(29-31-47)43-32-37-50(38-33-43)63(59-27-13-26-57-58-41-36-46-18-7-8-23-56(46)61(58)64-62(57)59)51-39-34-48(35-40-51)55-25-12-20-49-19-11-24-54(60(49)55)45-16-5-2-6-17-45/h1-41H. The Balaban J connectivity index is 0.959. The second-order valence-electron chi connectivity index (χ2n) is 16.4. The van der Waals surface area contributed by atoms with Crippen LogP contribution in [0.4, 0.5) is 17.1 Å². The number of thiophene rings is 1. The Bertz CT molecular complexity index is 3620. The van der Waals surface area contributed by atoms with Crippen LogP contribution in [-0.2, 0) is 0 Å². The minimum atomic E-state index is 1.11. The van der Waals surface area contributed by atoms with Gasteiger partial charge < -0.3 is 4.90 Å². The summed E-state index contributed by atoms with van der Waals surface area (Å²) in [6, 6.07) is 90.7. The molecule has 0 bridgehead atoms. The molecule has 11 aromatic carbocycles. The van der Waals surface area contributed by atoms with Gasteiger partial charge in [0.25, 0.3) is 0 Å². The van der Waals surface area contributed by atoms with Gasteiger partial charge in [-0.15, -0.1) is 11.3 Å². The summed E-state index contributed by atoms with van der Waals surface area (Å²) in [5.74, 6) is 0. The van der Waals surface area contributed by atoms with E-state index in [2.05, 4.69) is 254 Å². The molecule has 1 nitrogen and oxygen atoms in total. The predicted molar refractivity (Wildman–Crippen MR) is 276 cm³/mol. The summed E-state index contributed by atoms with van der Waals surface area (Å²) in [4.78, 5) is 2.44. The second kappa shape index (κ2) is 16.0. The molecule has 0 N–H and O–H groups in total. The summed E-state index contributed by atoms with van der Waals surface area (Å²) in [5.41, 5.74) is 15.5. The molecule has 2 heteroatoms. The van der Waals surface area contributed by atoms with Crippen LogP contribution in [0.15, 0.2) is 249 Å². The average molecular weight is 832 g/mol. The molecular formula is C62H41NS. The Hall–Kier alpha value is -8.04. The summed E-state index contributed by atoms with van der Waals surface area (Å²) in [5, 5.41) is 7.65. The Morgan fingerprint density at radius 1 is 0.250 bits per heavy atom. The van der Waals surface area contributed by atoms with E-state index in [1.54, 1.807) is 0 Å². The van der Waals surface area contributed by atoms with Gasteiger partial charge >= 0.3 is 0 Å². The minimum Gasteiger partial charge on any atom is -0.309 e. The van der Waals surface area contributed by atoms with Gasteiger partial charge in [0, 0.05) is 26.8 Å². The third-order valence-corrected chi connectivity index (χ3v) is 14.0. The number of anilines is 3. The highest BCUT2D eigenvalue weighted by Crippen LogP contribution is 2.47. The number of nitrogens with zero attached hydrogens (tertiary/aromatic N) is 1. The van der Waals surface area contributed by atoms with Crippen molar-refractivity contribution in [2.45, 2.75) is 0 Å². The van der Waals surface area contributed by atoms with E-state index >= 15 is 0 Å². The molecule has 0 aliphatic heterocycles. The van der Waals surface area contributed by atoms with Crippen molar-refractivity contribution in [3.8, 4) is 55.6 Å². The summed E-state index contributed by atoms with van der Waals surface area (Å²) in [6.45, 7) is 0. The molecule has 1 aromatic heterocycles. The molecule has 12 aromatic rings. The molecule has 0 radical (unpaired) electrons. The summed E-state index contributed by atoms with van der Waals surface area (Å²) >= 11 is 1.89. The second-order valence-corrected chi connectivity index (χ2v) is 17.4. The average Bonchev–Trinajstić information content (AvgIpc) is 3.77. The quantitative estimate of drug-likeness (QED) is 0.147. The lowest BCUT2D eigenvalue weighted by molar-refractivity contribution is 1.30. The van der Waals surface area contributed by atoms with Gasteiger partial charge in [-0.25, -0.2) is 0 Å². The fraction of sp³-hybridized carbons (Fsp3) is 0. The van der Waals surface area contributed by atoms with E-state index in [0.717, 1.165) is 11.4 Å². The first-order chi connectivity index (χ1) is 31.7. The van der Waals surface area contributed by atoms with Crippen LogP contribution in [-0.4, -0.2) is 0 Å². The van der Waals surface area contributed by atoms with Crippen molar-refractivity contribution in [3.05, 3.63) is 249 Å². The van der Waals surface area contributed by atoms with Gasteiger partial charge in [-0.05, 0) is 108 Å². The normalized spacial score (nSPS) is 11.4. The zero-order valence-corrected chi connectivity index (χ0v) is 35.8. The van der Waals surface area contributed by atoms with Crippen LogP contribution in [0.25, 0.3) is 97.4 Å². The number of hydrogen-bond acceptors (Lipinski definition) is 2. The van der Waals surface area contributed by atoms with E-state index in [9.17, 15) is 0 Å². The Morgan fingerprint density at radius 3 is 1.31 bits per heavy atom. The van der Waals surface area contributed by atoms with E-state index in [0.29, 0.717) is 0 Å². The summed E-state index contributed by atoms with van der Waals surface area (Å²) in [7, 11) is 0. The van der Waals surface area contributed by atoms with Crippen LogP contribution in [0.5, 0.6) is 0 Å². The molecule has 1 heterocycles. The van der Waals surface area contributed by atoms with Crippen molar-refractivity contribution in [2.24, 2.45) is 0 Å². The highest BCUT2D eigenvalue weighted by molar-refractivity contribution is 7.27. The Morgan fingerprint density at radius 2 is 0.672 bits per heavy atom. The van der Waals surface area contributed by atoms with Crippen molar-refractivity contribution >= 4 is 70.1 Å². The van der Waals surface area contributed by atoms with Crippen LogP contribution in [0, 0.1) is 0 Å². The van der Waals surface area contributed by atoms with Crippen LogP contribution < -0.4 is 4.90 Å². The number of fused-ring (bicyclic) bond motifs is 6. The lowest BCUT2D eigenvalue weighted by atomic mass is 9.91. The maximum absolute atomic E-state index is 2.44. The van der Waals surface area contributed by atoms with Crippen LogP contribution in [0.2, 0.25) is 0 Å². The molecule has 0 saturated carbocycles. The first-order valence-electron chi connectivity index (χ1n) is 21.9. The Labute approximate surface area is 377 Å². The van der Waals surface area contributed by atoms with Crippen molar-refractivity contribution in [1.82, 2.24) is 0 Å². The molecular weight excluding hydrogens is 791 g/mol. The van der Waals surface area contributed by atoms with Gasteiger partial charge in [-0.2, -0.15) is 0 Å². The molecule has 0 fully saturated rings. The fourth-order valence-electron chi connectivity index (χ4n) is 9.59. The van der Waals surface area contributed by atoms with E-state index in [4.69, 9.17) is 0 Å². The van der Waals surface area contributed by atoms with E-state index in [1.807, 2.05) is 11.3 Å². The lowest BCUT2D eigenvalue weighted by Crippen LogP contribution is -2.10. The van der Waals surface area contributed by atoms with Crippen LogP contribution in [0.3, 0.4) is 0 Å². The lowest BCUT2D eigenvalue weighted by Gasteiger charge is -2.26. The van der Waals surface area contributed by atoms with Gasteiger partial charge in [-0.3, -0.25) is 0 Å². The first-order valence-corrected chi connectivity index (χ1v) is 22.7. The zero-order valence-electron chi connectivity index (χ0n) is 35.0. The van der Waals surface area contributed by atoms with E-state index in [1.165, 1.54) is 103 Å². The molecule has 0 unspecified atom stereocenters. The summed E-state index contributed by atoms with van der Waals surface area (Å²) in [6.07, 6.45) is 0. The van der Waals surface area contributed by atoms with Gasteiger partial charge in [0.2, 0.25) is 0 Å². The molecule has 0 aliphatic rings. The van der Waals surface area contributed by atoms with Gasteiger partial charge in [-0.1, -0.05) is 218 Å². The third-order valence-electron chi connectivity index (χ3n) is 12.7. The predicted octanol–water partition coefficient (Wildman–Crippen LogP) is 18.2. The monoisotopic (exact) mass is 831 g/mol. The molecule has 300 valence electrons. The number of benzene rings is 11. The maximum atomic E-state index is 2.44. The molecule has 0 spiro atoms. The summed E-state index contributed by atoms with van der Waals surface area (Å²) < 4.78 is 2.60. The minimum absolute atomic E-state index is 1.11. The third kappa shape index (κ3) is 6.64. The van der Waals surface area contributed by atoms with Gasteiger partial charge in [0.05, 0.1) is 10.4 Å². The first kappa shape index (κ1) is 37.7. The molecule has 0 saturated heterocycles. The van der Waals surface area contributed by atoms with Gasteiger partial charge in [0.15, 0.2) is 0 Å². The molecule has 0 amide bonds. The van der Waals surface area contributed by atoms with Crippen molar-refractivity contribution < 1.29 is 0 Å². The van der Waals surface area contributed by atoms with E-state index < -0.39 is 0 Å². The highest BCUT2D eigenvalue weighted by Gasteiger charge is 2.20. The topological polar surface area (TPSA) is 3.24 Å². The van der Waals surface area contributed by atoms with Crippen molar-refractivity contribution in [1.29, 1.82) is 0 Å². The fourth-order valence-corrected chi connectivity index (χ4v) is 10.9. The number of hydrogen-bond donors (Lipinski definition) is 0. The van der Waals surface area contributed by atoms with Crippen LogP contribution in [0.1, 0.15) is 0 Å². The maximum Gasteiger partial charge on any atom is 0.0640 e. The number of rotatable bonds is 8. The van der Waals surface area contributed by atoms with Crippen LogP contribution >= 0.6 is 11.3 Å². The van der Waals surface area contributed by atoms with Gasteiger partial charge in [0.1, 0.15) is 0 Å². The van der Waals surface area contributed by atoms with Crippen molar-refractivity contribution in [2.75, 3.05) is 4.90 Å². The highest BCUT2D eigenvalue weighted by atomic mass is 32.1. The molecule has 0 atom stereocenters. The smallest absolute Gasteiger partial charge is 0.0640 e. The van der Waals surface area contributed by atoms with E-state index in [-0.39, 0.29) is 0 Å². The molecule has 64 heavy (non-hydrogen) atoms. The molecule has 0 aliphatic carbocycles. The zero-order chi connectivity index (χ0) is 42.4. The Kier molecular flexibility index (Phi) is 9.43. The largest absolute Gasteiger partial charge is 0.309 e.